The lowest BCUT2D eigenvalue weighted by molar-refractivity contribution is -0.533. The number of nitrogens with one attached hydrogen (secondary N) is 1. The highest BCUT2D eigenvalue weighted by Gasteiger charge is 2.05. The predicted molar refractivity (Wildman–Crippen MR) is 31.7 cm³/mol. The molecule has 0 aliphatic carbocycles. The van der Waals surface area contributed by atoms with E-state index in [0.29, 0.717) is 0 Å². The van der Waals surface area contributed by atoms with E-state index < -0.39 is 0 Å². The molecule has 0 fully saturated rings. The summed E-state index contributed by atoms with van der Waals surface area (Å²) in [5.74, 6) is 0.962. The summed E-state index contributed by atoms with van der Waals surface area (Å²) in [4.78, 5) is 2.97. The maximum absolute atomic E-state index is 5.68. The first kappa shape index (κ1) is 5.63. The maximum Gasteiger partial charge on any atom is 0.268 e. The molecule has 3 heteroatoms. The normalized spacial score (nSPS) is 9.88. The Balaban J connectivity index is 3.19. The van der Waals surface area contributed by atoms with Crippen molar-refractivity contribution in [1.29, 1.82) is 0 Å². The molecule has 1 aromatic heterocycles. The van der Waals surface area contributed by atoms with E-state index in [1.807, 2.05) is 20.0 Å². The van der Waals surface area contributed by atoms with E-state index in [0.717, 1.165) is 11.5 Å². The topological polar surface area (TPSA) is 19.7 Å². The molecule has 8 heavy (non-hydrogen) atoms. The quantitative estimate of drug-likeness (QED) is 0.540. The highest BCUT2D eigenvalue weighted by atomic mass is 35.5. The molecule has 1 N–H and O–H groups in total. The van der Waals surface area contributed by atoms with Gasteiger partial charge in [0.2, 0.25) is 0 Å². The molecular formula is C5H8ClN2+. The Morgan fingerprint density at radius 3 is 2.38 bits per heavy atom. The van der Waals surface area contributed by atoms with E-state index in [4.69, 9.17) is 11.8 Å². The number of imidazole rings is 1. The largest absolute Gasteiger partial charge is 0.268 e. The number of aromatic nitrogens is 2. The highest BCUT2D eigenvalue weighted by molar-refractivity contribution is 6.04. The molecule has 0 radical (unpaired) electrons. The Morgan fingerprint density at radius 1 is 1.62 bits per heavy atom. The van der Waals surface area contributed by atoms with Gasteiger partial charge in [0, 0.05) is 13.8 Å². The first-order chi connectivity index (χ1) is 3.72. The van der Waals surface area contributed by atoms with E-state index in [1.54, 1.807) is 4.09 Å². The number of halogens is 1. The number of aryl methyl sites for hydroxylation is 2. The van der Waals surface area contributed by atoms with E-state index >= 15 is 0 Å². The van der Waals surface area contributed by atoms with Crippen molar-refractivity contribution in [3.63, 3.8) is 0 Å². The molecule has 0 saturated heterocycles. The summed E-state index contributed by atoms with van der Waals surface area (Å²) in [6.45, 7) is 3.86. The third-order valence-corrected chi connectivity index (χ3v) is 1.61. The van der Waals surface area contributed by atoms with Gasteiger partial charge in [-0.2, -0.15) is 0 Å². The summed E-state index contributed by atoms with van der Waals surface area (Å²) in [5, 5.41) is 0. The molecule has 1 aromatic rings. The zero-order valence-corrected chi connectivity index (χ0v) is 5.66. The van der Waals surface area contributed by atoms with Crippen molar-refractivity contribution < 1.29 is 4.09 Å². The van der Waals surface area contributed by atoms with Crippen molar-refractivity contribution in [3.05, 3.63) is 17.7 Å². The van der Waals surface area contributed by atoms with Crippen LogP contribution < -0.4 is 4.09 Å². The molecule has 0 bridgehead atoms. The van der Waals surface area contributed by atoms with Crippen LogP contribution in [0.4, 0.5) is 0 Å². The van der Waals surface area contributed by atoms with Gasteiger partial charge in [0.15, 0.2) is 5.69 Å². The van der Waals surface area contributed by atoms with Gasteiger partial charge in [-0.25, -0.2) is 4.98 Å². The minimum atomic E-state index is 0.962. The van der Waals surface area contributed by atoms with Gasteiger partial charge in [-0.3, -0.25) is 0 Å². The van der Waals surface area contributed by atoms with Gasteiger partial charge >= 0.3 is 0 Å². The number of hydrogen-bond donors (Lipinski definition) is 1. The predicted octanol–water partition coefficient (Wildman–Crippen LogP) is 0.921. The molecular weight excluding hydrogens is 124 g/mol. The lowest BCUT2D eigenvalue weighted by atomic mass is 10.6. The second kappa shape index (κ2) is 1.78. The fourth-order valence-electron chi connectivity index (χ4n) is 0.587. The lowest BCUT2D eigenvalue weighted by Crippen LogP contribution is -2.24. The average molecular weight is 132 g/mol. The summed E-state index contributed by atoms with van der Waals surface area (Å²) in [6.07, 6.45) is 1.86. The molecule has 1 heterocycles. The van der Waals surface area contributed by atoms with E-state index in [2.05, 4.69) is 4.98 Å². The second-order valence-corrected chi connectivity index (χ2v) is 2.13. The van der Waals surface area contributed by atoms with Crippen LogP contribution in [0.25, 0.3) is 0 Å². The van der Waals surface area contributed by atoms with E-state index in [1.165, 1.54) is 0 Å². The van der Waals surface area contributed by atoms with Crippen LogP contribution in [0.3, 0.4) is 0 Å². The molecule has 1 rings (SSSR count). The lowest BCUT2D eigenvalue weighted by Gasteiger charge is -1.78. The molecule has 0 unspecified atom stereocenters. The van der Waals surface area contributed by atoms with Gasteiger partial charge in [0.05, 0.1) is 0 Å². The molecule has 0 aliphatic heterocycles. The number of hydrogen-bond acceptors (Lipinski definition) is 0. The summed E-state index contributed by atoms with van der Waals surface area (Å²) >= 11 is 5.68. The summed E-state index contributed by atoms with van der Waals surface area (Å²) < 4.78 is 1.58. The summed E-state index contributed by atoms with van der Waals surface area (Å²) in [6, 6.07) is 0. The van der Waals surface area contributed by atoms with Crippen molar-refractivity contribution >= 4 is 11.8 Å². The highest BCUT2D eigenvalue weighted by Crippen LogP contribution is 1.90. The Labute approximate surface area is 53.2 Å². The molecule has 2 nitrogen and oxygen atoms in total. The number of aromatic amines is 1. The zero-order chi connectivity index (χ0) is 6.15. The number of H-pyrrole nitrogens is 1. The smallest absolute Gasteiger partial charge is 0.246 e. The van der Waals surface area contributed by atoms with Gasteiger partial charge in [0.25, 0.3) is 5.82 Å². The van der Waals surface area contributed by atoms with Crippen LogP contribution in [0.1, 0.15) is 11.5 Å². The van der Waals surface area contributed by atoms with E-state index in [9.17, 15) is 0 Å². The molecule has 0 saturated carbocycles. The Bertz CT molecular complexity index is 173. The fourth-order valence-corrected chi connectivity index (χ4v) is 0.684. The van der Waals surface area contributed by atoms with Crippen LogP contribution in [0.5, 0.6) is 0 Å². The van der Waals surface area contributed by atoms with Crippen molar-refractivity contribution in [3.8, 4) is 0 Å². The van der Waals surface area contributed by atoms with Crippen LogP contribution in [0.2, 0.25) is 0 Å². The van der Waals surface area contributed by atoms with Gasteiger partial charge in [-0.05, 0) is 0 Å². The Kier molecular flexibility index (Phi) is 1.26. The van der Waals surface area contributed by atoms with Gasteiger partial charge in [0.1, 0.15) is 18.0 Å². The second-order valence-electron chi connectivity index (χ2n) is 1.80. The van der Waals surface area contributed by atoms with Crippen LogP contribution in [0, 0.1) is 13.8 Å². The minimum Gasteiger partial charge on any atom is -0.246 e. The van der Waals surface area contributed by atoms with Crippen LogP contribution in [0.15, 0.2) is 6.20 Å². The van der Waals surface area contributed by atoms with Gasteiger partial charge < -0.3 is 0 Å². The third-order valence-electron chi connectivity index (χ3n) is 1.09. The number of nitrogens with zero attached hydrogens (tertiary/aromatic N) is 1. The molecule has 0 amide bonds. The van der Waals surface area contributed by atoms with Crippen molar-refractivity contribution in [2.75, 3.05) is 0 Å². The van der Waals surface area contributed by atoms with Crippen LogP contribution in [-0.4, -0.2) is 4.98 Å². The third kappa shape index (κ3) is 0.713. The Morgan fingerprint density at radius 2 is 2.25 bits per heavy atom. The fraction of sp³-hybridized carbons (Fsp3) is 0.400. The Hall–Kier alpha value is -0.500. The number of rotatable bonds is 0. The summed E-state index contributed by atoms with van der Waals surface area (Å²) in [5.41, 5.74) is 1.03. The molecule has 0 aliphatic rings. The van der Waals surface area contributed by atoms with Gasteiger partial charge in [-0.15, -0.1) is 4.09 Å². The van der Waals surface area contributed by atoms with Gasteiger partial charge in [-0.1, -0.05) is 0 Å². The average Bonchev–Trinajstić information content (AvgIpc) is 1.98. The van der Waals surface area contributed by atoms with Crippen LogP contribution in [-0.2, 0) is 0 Å². The van der Waals surface area contributed by atoms with Crippen molar-refractivity contribution in [2.24, 2.45) is 0 Å². The van der Waals surface area contributed by atoms with E-state index in [-0.39, 0.29) is 0 Å². The minimum absolute atomic E-state index is 0.962. The molecule has 0 aromatic carbocycles. The maximum atomic E-state index is 5.68. The van der Waals surface area contributed by atoms with Crippen molar-refractivity contribution in [2.45, 2.75) is 13.8 Å². The first-order valence-electron chi connectivity index (χ1n) is 2.44. The zero-order valence-electron chi connectivity index (χ0n) is 4.90. The molecule has 44 valence electrons. The van der Waals surface area contributed by atoms with Crippen LogP contribution >= 0.6 is 11.8 Å². The SMILES string of the molecule is Cc1c[nH]c(C)[n+]1Cl. The first-order valence-corrected chi connectivity index (χ1v) is 2.78. The summed E-state index contributed by atoms with van der Waals surface area (Å²) in [7, 11) is 0. The molecule has 0 atom stereocenters. The van der Waals surface area contributed by atoms with Crippen molar-refractivity contribution in [1.82, 2.24) is 4.98 Å². The molecule has 0 spiro atoms. The monoisotopic (exact) mass is 131 g/mol. The standard InChI is InChI=1S/C5H7ClN2/c1-4-3-7-5(2)8(4)6/h3H,1-2H3/p+1.